The second-order valence-corrected chi connectivity index (χ2v) is 6.93. The molecule has 2 N–H and O–H groups in total. The van der Waals surface area contributed by atoms with Crippen molar-refractivity contribution in [2.45, 2.75) is 33.2 Å². The molecule has 22 heavy (non-hydrogen) atoms. The highest BCUT2D eigenvalue weighted by Crippen LogP contribution is 2.24. The molecule has 120 valence electrons. The Morgan fingerprint density at radius 3 is 2.36 bits per heavy atom. The van der Waals surface area contributed by atoms with Crippen LogP contribution in [-0.2, 0) is 9.59 Å². The van der Waals surface area contributed by atoms with Gasteiger partial charge in [-0.3, -0.25) is 9.59 Å². The number of hydrogen-bond acceptors (Lipinski definition) is 3. The fourth-order valence-corrected chi connectivity index (χ4v) is 2.63. The number of nitrogens with zero attached hydrogens (tertiary/aromatic N) is 1. The molecule has 1 aromatic carbocycles. The van der Waals surface area contributed by atoms with Crippen LogP contribution in [0.3, 0.4) is 0 Å². The fourth-order valence-electron chi connectivity index (χ4n) is 2.63. The van der Waals surface area contributed by atoms with E-state index in [0.29, 0.717) is 19.5 Å². The van der Waals surface area contributed by atoms with Crippen molar-refractivity contribution in [1.82, 2.24) is 5.32 Å². The zero-order valence-electron chi connectivity index (χ0n) is 13.4. The quantitative estimate of drug-likeness (QED) is 0.897. The second-order valence-electron chi connectivity index (χ2n) is 6.93. The summed E-state index contributed by atoms with van der Waals surface area (Å²) in [5.74, 6) is -1.33. The van der Waals surface area contributed by atoms with Crippen LogP contribution in [0.5, 0.6) is 0 Å². The van der Waals surface area contributed by atoms with E-state index in [0.717, 1.165) is 5.69 Å². The lowest BCUT2D eigenvalue weighted by Gasteiger charge is -2.38. The van der Waals surface area contributed by atoms with Crippen molar-refractivity contribution in [2.24, 2.45) is 11.3 Å². The van der Waals surface area contributed by atoms with Gasteiger partial charge in [-0.05, 0) is 18.6 Å². The number of anilines is 1. The second kappa shape index (κ2) is 6.38. The summed E-state index contributed by atoms with van der Waals surface area (Å²) in [5, 5.41) is 12.4. The zero-order valence-corrected chi connectivity index (χ0v) is 13.4. The predicted molar refractivity (Wildman–Crippen MR) is 85.8 cm³/mol. The molecule has 0 saturated carbocycles. The average Bonchev–Trinajstić information content (AvgIpc) is 2.46. The van der Waals surface area contributed by atoms with Crippen LogP contribution in [0.4, 0.5) is 5.69 Å². The third kappa shape index (κ3) is 4.00. The van der Waals surface area contributed by atoms with Crippen molar-refractivity contribution >= 4 is 17.6 Å². The van der Waals surface area contributed by atoms with E-state index in [1.807, 2.05) is 56.0 Å². The summed E-state index contributed by atoms with van der Waals surface area (Å²) < 4.78 is 0. The number of piperidine rings is 1. The highest BCUT2D eigenvalue weighted by atomic mass is 16.4. The van der Waals surface area contributed by atoms with Crippen molar-refractivity contribution in [1.29, 1.82) is 0 Å². The maximum Gasteiger partial charge on any atom is 0.308 e. The van der Waals surface area contributed by atoms with Crippen LogP contribution in [0.2, 0.25) is 0 Å². The fraction of sp³-hybridized carbons (Fsp3) is 0.529. The van der Waals surface area contributed by atoms with Crippen LogP contribution < -0.4 is 10.2 Å². The number of carbonyl (C=O) groups excluding carboxylic acids is 1. The van der Waals surface area contributed by atoms with Crippen LogP contribution >= 0.6 is 0 Å². The minimum atomic E-state index is -0.810. The lowest BCUT2D eigenvalue weighted by Crippen LogP contribution is -2.54. The Morgan fingerprint density at radius 2 is 1.82 bits per heavy atom. The summed E-state index contributed by atoms with van der Waals surface area (Å²) in [6.45, 7) is 6.68. The number of amides is 1. The summed E-state index contributed by atoms with van der Waals surface area (Å²) in [7, 11) is 0. The number of carboxylic acids is 1. The van der Waals surface area contributed by atoms with Crippen molar-refractivity contribution in [3.63, 3.8) is 0 Å². The number of aliphatic carboxylic acids is 1. The molecule has 1 heterocycles. The maximum atomic E-state index is 12.2. The highest BCUT2D eigenvalue weighted by Gasteiger charge is 2.34. The van der Waals surface area contributed by atoms with Gasteiger partial charge in [0.2, 0.25) is 5.91 Å². The Bertz CT molecular complexity index is 537. The number of benzene rings is 1. The van der Waals surface area contributed by atoms with E-state index in [-0.39, 0.29) is 11.9 Å². The topological polar surface area (TPSA) is 69.6 Å². The van der Waals surface area contributed by atoms with Gasteiger partial charge in [0, 0.05) is 30.2 Å². The summed E-state index contributed by atoms with van der Waals surface area (Å²) >= 11 is 0. The zero-order chi connectivity index (χ0) is 16.3. The third-order valence-corrected chi connectivity index (χ3v) is 3.94. The van der Waals surface area contributed by atoms with Gasteiger partial charge in [0.25, 0.3) is 0 Å². The molecule has 0 radical (unpaired) electrons. The van der Waals surface area contributed by atoms with E-state index in [4.69, 9.17) is 0 Å². The number of hydrogen-bond donors (Lipinski definition) is 2. The van der Waals surface area contributed by atoms with Gasteiger partial charge in [-0.2, -0.15) is 0 Å². The first-order valence-corrected chi connectivity index (χ1v) is 7.61. The Kier molecular flexibility index (Phi) is 4.74. The van der Waals surface area contributed by atoms with E-state index >= 15 is 0 Å². The first kappa shape index (κ1) is 16.3. The van der Waals surface area contributed by atoms with Gasteiger partial charge < -0.3 is 15.3 Å². The van der Waals surface area contributed by atoms with Crippen LogP contribution in [0, 0.1) is 11.3 Å². The molecule has 5 nitrogen and oxygen atoms in total. The minimum absolute atomic E-state index is 0.0449. The van der Waals surface area contributed by atoms with Crippen LogP contribution in [0.15, 0.2) is 30.3 Å². The molecule has 1 fully saturated rings. The van der Waals surface area contributed by atoms with E-state index < -0.39 is 17.3 Å². The van der Waals surface area contributed by atoms with E-state index in [1.54, 1.807) is 0 Å². The molecular weight excluding hydrogens is 280 g/mol. The Labute approximate surface area is 131 Å². The van der Waals surface area contributed by atoms with E-state index in [1.165, 1.54) is 0 Å². The molecule has 1 amide bonds. The van der Waals surface area contributed by atoms with Crippen molar-refractivity contribution in [2.75, 3.05) is 18.0 Å². The van der Waals surface area contributed by atoms with Crippen LogP contribution in [-0.4, -0.2) is 36.1 Å². The van der Waals surface area contributed by atoms with Gasteiger partial charge >= 0.3 is 5.97 Å². The lowest BCUT2D eigenvalue weighted by atomic mass is 9.91. The molecule has 1 aliphatic rings. The molecule has 2 atom stereocenters. The van der Waals surface area contributed by atoms with E-state index in [9.17, 15) is 14.7 Å². The monoisotopic (exact) mass is 304 g/mol. The maximum absolute atomic E-state index is 12.2. The highest BCUT2D eigenvalue weighted by molar-refractivity contribution is 5.82. The summed E-state index contributed by atoms with van der Waals surface area (Å²) in [6.07, 6.45) is 0.473. The molecule has 1 aromatic rings. The standard InChI is InChI=1S/C17H24N2O3/c1-17(2,3)16(22)18-13-9-12(15(20)21)10-19(11-13)14-7-5-4-6-8-14/h4-8,12-13H,9-11H2,1-3H3,(H,18,22)(H,20,21). The van der Waals surface area contributed by atoms with Gasteiger partial charge in [0.15, 0.2) is 0 Å². The Morgan fingerprint density at radius 1 is 1.18 bits per heavy atom. The molecule has 2 unspecified atom stereocenters. The summed E-state index contributed by atoms with van der Waals surface area (Å²) in [4.78, 5) is 25.6. The summed E-state index contributed by atoms with van der Waals surface area (Å²) in [5.41, 5.74) is 0.511. The summed E-state index contributed by atoms with van der Waals surface area (Å²) in [6, 6.07) is 9.58. The predicted octanol–water partition coefficient (Wildman–Crippen LogP) is 2.13. The minimum Gasteiger partial charge on any atom is -0.481 e. The van der Waals surface area contributed by atoms with Crippen molar-refractivity contribution in [3.05, 3.63) is 30.3 Å². The normalized spacial score (nSPS) is 22.2. The lowest BCUT2D eigenvalue weighted by molar-refractivity contribution is -0.142. The number of carbonyl (C=O) groups is 2. The largest absolute Gasteiger partial charge is 0.481 e. The molecule has 0 aromatic heterocycles. The first-order chi connectivity index (χ1) is 10.3. The van der Waals surface area contributed by atoms with Crippen molar-refractivity contribution in [3.8, 4) is 0 Å². The number of carboxylic acid groups (broad SMARTS) is 1. The molecule has 5 heteroatoms. The Balaban J connectivity index is 2.14. The molecule has 1 saturated heterocycles. The first-order valence-electron chi connectivity index (χ1n) is 7.61. The number of para-hydroxylation sites is 1. The molecule has 0 aliphatic carbocycles. The van der Waals surface area contributed by atoms with Gasteiger partial charge in [0.05, 0.1) is 5.92 Å². The van der Waals surface area contributed by atoms with Gasteiger partial charge in [-0.1, -0.05) is 39.0 Å². The number of nitrogens with one attached hydrogen (secondary N) is 1. The average molecular weight is 304 g/mol. The molecule has 2 rings (SSSR count). The van der Waals surface area contributed by atoms with Gasteiger partial charge in [0.1, 0.15) is 0 Å². The van der Waals surface area contributed by atoms with Gasteiger partial charge in [-0.15, -0.1) is 0 Å². The molecule has 0 bridgehead atoms. The third-order valence-electron chi connectivity index (χ3n) is 3.94. The smallest absolute Gasteiger partial charge is 0.308 e. The van der Waals surface area contributed by atoms with E-state index in [2.05, 4.69) is 5.32 Å². The SMILES string of the molecule is CC(C)(C)C(=O)NC1CC(C(=O)O)CN(c2ccccc2)C1. The van der Waals surface area contributed by atoms with Crippen LogP contribution in [0.1, 0.15) is 27.2 Å². The molecule has 1 aliphatic heterocycles. The number of rotatable bonds is 3. The Hall–Kier alpha value is -2.04. The van der Waals surface area contributed by atoms with Gasteiger partial charge in [-0.25, -0.2) is 0 Å². The molecular formula is C17H24N2O3. The van der Waals surface area contributed by atoms with Crippen LogP contribution in [0.25, 0.3) is 0 Å². The molecule has 0 spiro atoms. The van der Waals surface area contributed by atoms with Crippen molar-refractivity contribution < 1.29 is 14.7 Å².